The molecule has 3 rings (SSSR count). The lowest BCUT2D eigenvalue weighted by molar-refractivity contribution is -0.131. The van der Waals surface area contributed by atoms with Crippen molar-refractivity contribution in [2.24, 2.45) is 0 Å². The molecule has 0 spiro atoms. The molecular weight excluding hydrogens is 374 g/mol. The van der Waals surface area contributed by atoms with Crippen molar-refractivity contribution in [1.29, 1.82) is 0 Å². The molecule has 0 atom stereocenters. The van der Waals surface area contributed by atoms with Crippen molar-refractivity contribution in [2.75, 3.05) is 5.32 Å². The van der Waals surface area contributed by atoms with Gasteiger partial charge in [0, 0.05) is 37.9 Å². The Kier molecular flexibility index (Phi) is 7.07. The van der Waals surface area contributed by atoms with Crippen LogP contribution in [0.3, 0.4) is 0 Å². The van der Waals surface area contributed by atoms with E-state index in [2.05, 4.69) is 17.4 Å². The molecule has 0 unspecified atom stereocenters. The predicted molar refractivity (Wildman–Crippen MR) is 120 cm³/mol. The molecule has 0 aliphatic heterocycles. The van der Waals surface area contributed by atoms with Crippen LogP contribution < -0.4 is 5.32 Å². The Morgan fingerprint density at radius 3 is 2.27 bits per heavy atom. The molecule has 1 N–H and O–H groups in total. The Morgan fingerprint density at radius 1 is 0.933 bits per heavy atom. The van der Waals surface area contributed by atoms with Crippen LogP contribution in [-0.4, -0.2) is 27.3 Å². The Bertz CT molecular complexity index is 975. The third kappa shape index (κ3) is 5.60. The molecule has 2 amide bonds. The average Bonchev–Trinajstić information content (AvgIpc) is 3.21. The summed E-state index contributed by atoms with van der Waals surface area (Å²) in [6.45, 7) is 6.89. The summed E-state index contributed by atoms with van der Waals surface area (Å²) in [5.74, 6) is -0.0769. The molecule has 0 fully saturated rings. The second-order valence-corrected chi connectivity index (χ2v) is 7.71. The van der Waals surface area contributed by atoms with Crippen molar-refractivity contribution in [3.63, 3.8) is 0 Å². The number of rotatable bonds is 8. The highest BCUT2D eigenvalue weighted by molar-refractivity contribution is 6.03. The largest absolute Gasteiger partial charge is 0.343 e. The lowest BCUT2D eigenvalue weighted by Crippen LogP contribution is -2.34. The molecule has 0 saturated carbocycles. The van der Waals surface area contributed by atoms with Gasteiger partial charge in [-0.3, -0.25) is 9.59 Å². The minimum Gasteiger partial charge on any atom is -0.343 e. The molecule has 1 aromatic heterocycles. The van der Waals surface area contributed by atoms with Crippen LogP contribution in [-0.2, 0) is 24.3 Å². The zero-order chi connectivity index (χ0) is 21.5. The number of nitrogens with zero attached hydrogens (tertiary/aromatic N) is 2. The van der Waals surface area contributed by atoms with Gasteiger partial charge in [-0.1, -0.05) is 42.5 Å². The number of aromatic nitrogens is 1. The molecule has 5 nitrogen and oxygen atoms in total. The number of hydrogen-bond donors (Lipinski definition) is 1. The predicted octanol–water partition coefficient (Wildman–Crippen LogP) is 4.74. The van der Waals surface area contributed by atoms with Gasteiger partial charge < -0.3 is 14.8 Å². The normalized spacial score (nSPS) is 10.8. The van der Waals surface area contributed by atoms with Gasteiger partial charge in [-0.25, -0.2) is 0 Å². The van der Waals surface area contributed by atoms with Gasteiger partial charge in [0.2, 0.25) is 5.91 Å². The van der Waals surface area contributed by atoms with E-state index in [0.29, 0.717) is 12.2 Å². The molecule has 2 aromatic carbocycles. The molecule has 0 aliphatic carbocycles. The van der Waals surface area contributed by atoms with E-state index in [4.69, 9.17) is 0 Å². The Hall–Kier alpha value is -3.34. The van der Waals surface area contributed by atoms with Crippen LogP contribution in [0.1, 0.15) is 42.4 Å². The maximum atomic E-state index is 12.8. The van der Waals surface area contributed by atoms with E-state index in [-0.39, 0.29) is 17.9 Å². The third-order valence-corrected chi connectivity index (χ3v) is 5.14. The molecule has 0 radical (unpaired) electrons. The van der Waals surface area contributed by atoms with Crippen molar-refractivity contribution in [3.8, 4) is 0 Å². The summed E-state index contributed by atoms with van der Waals surface area (Å²) in [5, 5.41) is 2.97. The Morgan fingerprint density at radius 2 is 1.63 bits per heavy atom. The molecule has 3 aromatic rings. The van der Waals surface area contributed by atoms with Gasteiger partial charge in [0.25, 0.3) is 5.91 Å². The number of aryl methyl sites for hydroxylation is 2. The van der Waals surface area contributed by atoms with Crippen molar-refractivity contribution < 1.29 is 9.59 Å². The first-order valence-electron chi connectivity index (χ1n) is 10.3. The summed E-state index contributed by atoms with van der Waals surface area (Å²) in [6, 6.07) is 21.8. The smallest absolute Gasteiger partial charge is 0.272 e. The van der Waals surface area contributed by atoms with Gasteiger partial charge in [-0.2, -0.15) is 0 Å². The SMILES string of the molecule is CC(=O)N(Cc1ccc(NC(=O)c2cccn2CCc2ccccc2)cc1)C(C)C. The number of anilines is 1. The minimum atomic E-state index is -0.131. The molecule has 1 heterocycles. The highest BCUT2D eigenvalue weighted by Crippen LogP contribution is 2.15. The lowest BCUT2D eigenvalue weighted by atomic mass is 10.1. The van der Waals surface area contributed by atoms with Crippen LogP contribution in [0, 0.1) is 0 Å². The van der Waals surface area contributed by atoms with Gasteiger partial charge in [-0.15, -0.1) is 0 Å². The highest BCUT2D eigenvalue weighted by Gasteiger charge is 2.14. The van der Waals surface area contributed by atoms with E-state index in [1.165, 1.54) is 5.56 Å². The number of hydrogen-bond acceptors (Lipinski definition) is 2. The molecule has 0 aliphatic rings. The van der Waals surface area contributed by atoms with Gasteiger partial charge in [-0.05, 0) is 55.7 Å². The second kappa shape index (κ2) is 9.92. The molecular formula is C25H29N3O2. The zero-order valence-electron chi connectivity index (χ0n) is 17.8. The zero-order valence-corrected chi connectivity index (χ0v) is 17.8. The van der Waals surface area contributed by atoms with Gasteiger partial charge in [0.1, 0.15) is 5.69 Å². The quantitative estimate of drug-likeness (QED) is 0.591. The molecule has 30 heavy (non-hydrogen) atoms. The van der Waals surface area contributed by atoms with Crippen molar-refractivity contribution >= 4 is 17.5 Å². The minimum absolute atomic E-state index is 0.0543. The topological polar surface area (TPSA) is 54.3 Å². The molecule has 0 saturated heterocycles. The fraction of sp³-hybridized carbons (Fsp3) is 0.280. The summed E-state index contributed by atoms with van der Waals surface area (Å²) in [5.41, 5.74) is 3.65. The monoisotopic (exact) mass is 403 g/mol. The van der Waals surface area contributed by atoms with Crippen LogP contribution >= 0.6 is 0 Å². The first kappa shape index (κ1) is 21.4. The van der Waals surface area contributed by atoms with Crippen molar-refractivity contribution in [2.45, 2.75) is 46.3 Å². The summed E-state index contributed by atoms with van der Waals surface area (Å²) in [4.78, 5) is 26.4. The van der Waals surface area contributed by atoms with Crippen LogP contribution in [0.5, 0.6) is 0 Å². The average molecular weight is 404 g/mol. The van der Waals surface area contributed by atoms with Crippen LogP contribution in [0.25, 0.3) is 0 Å². The van der Waals surface area contributed by atoms with Crippen molar-refractivity contribution in [1.82, 2.24) is 9.47 Å². The number of amides is 2. The van der Waals surface area contributed by atoms with Gasteiger partial charge >= 0.3 is 0 Å². The van der Waals surface area contributed by atoms with Crippen LogP contribution in [0.15, 0.2) is 72.9 Å². The van der Waals surface area contributed by atoms with Crippen LogP contribution in [0.2, 0.25) is 0 Å². The van der Waals surface area contributed by atoms with Gasteiger partial charge in [0.15, 0.2) is 0 Å². The lowest BCUT2D eigenvalue weighted by Gasteiger charge is -2.25. The van der Waals surface area contributed by atoms with E-state index in [0.717, 1.165) is 24.2 Å². The molecule has 0 bridgehead atoms. The summed E-state index contributed by atoms with van der Waals surface area (Å²) < 4.78 is 1.98. The van der Waals surface area contributed by atoms with Crippen molar-refractivity contribution in [3.05, 3.63) is 89.7 Å². The molecule has 156 valence electrons. The molecule has 5 heteroatoms. The first-order valence-corrected chi connectivity index (χ1v) is 10.3. The van der Waals surface area contributed by atoms with E-state index in [1.807, 2.05) is 84.1 Å². The maximum Gasteiger partial charge on any atom is 0.272 e. The number of carbonyl (C=O) groups excluding carboxylic acids is 2. The Balaban J connectivity index is 1.61. The second-order valence-electron chi connectivity index (χ2n) is 7.71. The van der Waals surface area contributed by atoms with Crippen LogP contribution in [0.4, 0.5) is 5.69 Å². The van der Waals surface area contributed by atoms with Gasteiger partial charge in [0.05, 0.1) is 0 Å². The Labute approximate surface area is 178 Å². The maximum absolute atomic E-state index is 12.8. The number of nitrogens with one attached hydrogen (secondary N) is 1. The standard InChI is InChI=1S/C25H29N3O2/c1-19(2)28(20(3)29)18-22-11-13-23(14-12-22)26-25(30)24-10-7-16-27(24)17-15-21-8-5-4-6-9-21/h4-14,16,19H,15,17-18H2,1-3H3,(H,26,30). The summed E-state index contributed by atoms with van der Waals surface area (Å²) in [7, 11) is 0. The fourth-order valence-electron chi connectivity index (χ4n) is 3.45. The third-order valence-electron chi connectivity index (χ3n) is 5.14. The van der Waals surface area contributed by atoms with E-state index >= 15 is 0 Å². The number of benzene rings is 2. The van der Waals surface area contributed by atoms with E-state index < -0.39 is 0 Å². The fourth-order valence-corrected chi connectivity index (χ4v) is 3.45. The number of carbonyl (C=O) groups is 2. The summed E-state index contributed by atoms with van der Waals surface area (Å²) >= 11 is 0. The summed E-state index contributed by atoms with van der Waals surface area (Å²) in [6.07, 6.45) is 2.80. The van der Waals surface area contributed by atoms with E-state index in [1.54, 1.807) is 6.92 Å². The first-order chi connectivity index (χ1) is 14.4. The van der Waals surface area contributed by atoms with E-state index in [9.17, 15) is 9.59 Å². The highest BCUT2D eigenvalue weighted by atomic mass is 16.2.